The molecule has 0 unspecified atom stereocenters. The van der Waals surface area contributed by atoms with E-state index in [0.717, 1.165) is 23.5 Å². The second-order valence-corrected chi connectivity index (χ2v) is 10.1. The van der Waals surface area contributed by atoms with Crippen LogP contribution in [0.3, 0.4) is 0 Å². The van der Waals surface area contributed by atoms with Crippen LogP contribution in [-0.4, -0.2) is 5.78 Å². The maximum absolute atomic E-state index is 12.5. The molecule has 2 heteroatoms. The molecule has 2 aromatic carbocycles. The SMILES string of the molecule is CCCCCCCCCCCCCCCCCCCC(=O)Cc1ccccc1Oc1ccccc1. The predicted molar refractivity (Wildman–Crippen MR) is 150 cm³/mol. The largest absolute Gasteiger partial charge is 0.457 e. The van der Waals surface area contributed by atoms with E-state index < -0.39 is 0 Å². The fraction of sp³-hybridized carbons (Fsp3) is 0.606. The van der Waals surface area contributed by atoms with Gasteiger partial charge in [-0.2, -0.15) is 0 Å². The molecule has 2 aromatic rings. The Kier molecular flexibility index (Phi) is 16.8. The molecule has 0 aromatic heterocycles. The molecule has 0 saturated carbocycles. The fourth-order valence-electron chi connectivity index (χ4n) is 4.71. The van der Waals surface area contributed by atoms with Crippen molar-refractivity contribution < 1.29 is 9.53 Å². The van der Waals surface area contributed by atoms with E-state index in [1.807, 2.05) is 54.6 Å². The van der Waals surface area contributed by atoms with Gasteiger partial charge in [0, 0.05) is 18.4 Å². The summed E-state index contributed by atoms with van der Waals surface area (Å²) in [5.74, 6) is 1.91. The summed E-state index contributed by atoms with van der Waals surface area (Å²) in [6.45, 7) is 2.29. The topological polar surface area (TPSA) is 26.3 Å². The van der Waals surface area contributed by atoms with E-state index in [-0.39, 0.29) is 0 Å². The molecule has 2 rings (SSSR count). The van der Waals surface area contributed by atoms with Crippen LogP contribution < -0.4 is 4.74 Å². The lowest BCUT2D eigenvalue weighted by Gasteiger charge is -2.10. The Morgan fingerprint density at radius 2 is 1.03 bits per heavy atom. The van der Waals surface area contributed by atoms with Gasteiger partial charge in [-0.15, -0.1) is 0 Å². The van der Waals surface area contributed by atoms with E-state index in [4.69, 9.17) is 4.74 Å². The van der Waals surface area contributed by atoms with Gasteiger partial charge in [0.1, 0.15) is 17.3 Å². The van der Waals surface area contributed by atoms with Crippen molar-refractivity contribution in [3.05, 3.63) is 60.2 Å². The minimum Gasteiger partial charge on any atom is -0.457 e. The van der Waals surface area contributed by atoms with Crippen LogP contribution >= 0.6 is 0 Å². The molecule has 0 bridgehead atoms. The van der Waals surface area contributed by atoms with Crippen molar-refractivity contribution in [2.75, 3.05) is 0 Å². The number of benzene rings is 2. The molecular formula is C33H50O2. The number of unbranched alkanes of at least 4 members (excludes halogenated alkanes) is 16. The summed E-state index contributed by atoms with van der Waals surface area (Å²) < 4.78 is 6.00. The van der Waals surface area contributed by atoms with Crippen LogP contribution in [0.25, 0.3) is 0 Å². The highest BCUT2D eigenvalue weighted by atomic mass is 16.5. The number of ether oxygens (including phenoxy) is 1. The third-order valence-electron chi connectivity index (χ3n) is 6.89. The summed E-state index contributed by atoms with van der Waals surface area (Å²) in [5.41, 5.74) is 0.980. The van der Waals surface area contributed by atoms with Gasteiger partial charge < -0.3 is 4.74 Å². The van der Waals surface area contributed by atoms with E-state index in [0.29, 0.717) is 18.6 Å². The molecule has 0 aliphatic carbocycles. The third kappa shape index (κ3) is 14.8. The van der Waals surface area contributed by atoms with Crippen molar-refractivity contribution in [2.24, 2.45) is 0 Å². The van der Waals surface area contributed by atoms with E-state index in [1.54, 1.807) is 0 Å². The molecule has 0 amide bonds. The van der Waals surface area contributed by atoms with Crippen LogP contribution in [0.4, 0.5) is 0 Å². The quantitative estimate of drug-likeness (QED) is 0.157. The molecule has 0 atom stereocenters. The second kappa shape index (κ2) is 20.1. The van der Waals surface area contributed by atoms with E-state index in [1.165, 1.54) is 103 Å². The normalized spacial score (nSPS) is 11.0. The van der Waals surface area contributed by atoms with Gasteiger partial charge in [-0.25, -0.2) is 0 Å². The zero-order valence-corrected chi connectivity index (χ0v) is 22.4. The minimum atomic E-state index is 0.315. The molecule has 0 spiro atoms. The Morgan fingerprint density at radius 1 is 0.571 bits per heavy atom. The summed E-state index contributed by atoms with van der Waals surface area (Å²) in [7, 11) is 0. The summed E-state index contributed by atoms with van der Waals surface area (Å²) in [6, 6.07) is 17.7. The van der Waals surface area contributed by atoms with Crippen molar-refractivity contribution >= 4 is 5.78 Å². The number of Topliss-reactive ketones (excluding diaryl/α,β-unsaturated/α-hetero) is 1. The first kappa shape index (κ1) is 29.1. The summed E-state index contributed by atoms with van der Waals surface area (Å²) in [4.78, 5) is 12.5. The Hall–Kier alpha value is -2.09. The van der Waals surface area contributed by atoms with Gasteiger partial charge in [-0.3, -0.25) is 4.79 Å². The minimum absolute atomic E-state index is 0.315. The molecular weight excluding hydrogens is 428 g/mol. The van der Waals surface area contributed by atoms with Gasteiger partial charge in [0.25, 0.3) is 0 Å². The third-order valence-corrected chi connectivity index (χ3v) is 6.89. The first-order valence-corrected chi connectivity index (χ1v) is 14.6. The maximum Gasteiger partial charge on any atom is 0.137 e. The van der Waals surface area contributed by atoms with Gasteiger partial charge in [0.05, 0.1) is 0 Å². The highest BCUT2D eigenvalue weighted by Gasteiger charge is 2.09. The van der Waals surface area contributed by atoms with Gasteiger partial charge in [-0.1, -0.05) is 146 Å². The van der Waals surface area contributed by atoms with Gasteiger partial charge in [0.2, 0.25) is 0 Å². The smallest absolute Gasteiger partial charge is 0.137 e. The number of hydrogen-bond donors (Lipinski definition) is 0. The average molecular weight is 479 g/mol. The summed E-state index contributed by atoms with van der Waals surface area (Å²) >= 11 is 0. The Labute approximate surface area is 215 Å². The number of carbonyl (C=O) groups excluding carboxylic acids is 1. The number of para-hydroxylation sites is 2. The average Bonchev–Trinajstić information content (AvgIpc) is 2.88. The first-order chi connectivity index (χ1) is 17.3. The number of rotatable bonds is 22. The van der Waals surface area contributed by atoms with Crippen molar-refractivity contribution in [3.63, 3.8) is 0 Å². The van der Waals surface area contributed by atoms with Gasteiger partial charge in [0.15, 0.2) is 0 Å². The van der Waals surface area contributed by atoms with Gasteiger partial charge in [-0.05, 0) is 24.6 Å². The molecule has 0 radical (unpaired) electrons. The van der Waals surface area contributed by atoms with Crippen LogP contribution in [0.2, 0.25) is 0 Å². The van der Waals surface area contributed by atoms with Crippen molar-refractivity contribution in [1.82, 2.24) is 0 Å². The highest BCUT2D eigenvalue weighted by molar-refractivity contribution is 5.81. The molecule has 35 heavy (non-hydrogen) atoms. The molecule has 0 heterocycles. The predicted octanol–water partition coefficient (Wildman–Crippen LogP) is 10.6. The molecule has 194 valence electrons. The van der Waals surface area contributed by atoms with Crippen LogP contribution in [0.15, 0.2) is 54.6 Å². The Bertz CT molecular complexity index is 768. The molecule has 0 aliphatic heterocycles. The van der Waals surface area contributed by atoms with Gasteiger partial charge >= 0.3 is 0 Å². The zero-order chi connectivity index (χ0) is 24.8. The summed E-state index contributed by atoms with van der Waals surface area (Å²) in [6.07, 6.45) is 24.3. The molecule has 0 fully saturated rings. The Morgan fingerprint density at radius 3 is 1.57 bits per heavy atom. The zero-order valence-electron chi connectivity index (χ0n) is 22.4. The lowest BCUT2D eigenvalue weighted by atomic mass is 10.0. The lowest BCUT2D eigenvalue weighted by molar-refractivity contribution is -0.118. The van der Waals surface area contributed by atoms with Crippen molar-refractivity contribution in [1.29, 1.82) is 0 Å². The van der Waals surface area contributed by atoms with Crippen LogP contribution in [0.5, 0.6) is 11.5 Å². The standard InChI is InChI=1S/C33H50O2/c1-2-3-4-5-6-7-8-9-10-11-12-13-14-15-16-17-19-25-31(34)29-30-24-22-23-28-33(30)35-32-26-20-18-21-27-32/h18,20-24,26-28H,2-17,19,25,29H2,1H3. The van der Waals surface area contributed by atoms with Crippen molar-refractivity contribution in [3.8, 4) is 11.5 Å². The fourth-order valence-corrected chi connectivity index (χ4v) is 4.71. The number of carbonyl (C=O) groups is 1. The highest BCUT2D eigenvalue weighted by Crippen LogP contribution is 2.26. The summed E-state index contributed by atoms with van der Waals surface area (Å²) in [5, 5.41) is 0. The molecule has 0 N–H and O–H groups in total. The van der Waals surface area contributed by atoms with Crippen molar-refractivity contribution in [2.45, 2.75) is 129 Å². The van der Waals surface area contributed by atoms with Crippen LogP contribution in [0.1, 0.15) is 128 Å². The molecule has 0 aliphatic rings. The Balaban J connectivity index is 1.42. The monoisotopic (exact) mass is 478 g/mol. The van der Waals surface area contributed by atoms with Crippen LogP contribution in [-0.2, 0) is 11.2 Å². The first-order valence-electron chi connectivity index (χ1n) is 14.6. The second-order valence-electron chi connectivity index (χ2n) is 10.1. The number of ketones is 1. The van der Waals surface area contributed by atoms with E-state index >= 15 is 0 Å². The molecule has 0 saturated heterocycles. The lowest BCUT2D eigenvalue weighted by Crippen LogP contribution is -2.04. The molecule has 2 nitrogen and oxygen atoms in total. The van der Waals surface area contributed by atoms with Crippen LogP contribution in [0, 0.1) is 0 Å². The maximum atomic E-state index is 12.5. The van der Waals surface area contributed by atoms with E-state index in [9.17, 15) is 4.79 Å². The number of hydrogen-bond acceptors (Lipinski definition) is 2. The van der Waals surface area contributed by atoms with E-state index in [2.05, 4.69) is 6.92 Å².